The molecule has 0 saturated carbocycles. The van der Waals surface area contributed by atoms with Crippen molar-refractivity contribution in [3.05, 3.63) is 63.7 Å². The van der Waals surface area contributed by atoms with Gasteiger partial charge in [0.05, 0.1) is 16.2 Å². The third-order valence-corrected chi connectivity index (χ3v) is 3.84. The standard InChI is InChI=1S/C16H12BrClN2O/c17-10-5-6-15(13(18)7-10)21-16-8-11(9-19)20-14-4-2-1-3-12(14)16/h1-8H,9,19H2. The molecule has 1 aromatic heterocycles. The second-order valence-corrected chi connectivity index (χ2v) is 5.83. The molecule has 2 aromatic carbocycles. The van der Waals surface area contributed by atoms with Crippen molar-refractivity contribution in [2.75, 3.05) is 0 Å². The van der Waals surface area contributed by atoms with Crippen LogP contribution in [0.15, 0.2) is 53.0 Å². The summed E-state index contributed by atoms with van der Waals surface area (Å²) in [4.78, 5) is 4.49. The van der Waals surface area contributed by atoms with Crippen molar-refractivity contribution in [1.29, 1.82) is 0 Å². The van der Waals surface area contributed by atoms with Gasteiger partial charge < -0.3 is 10.5 Å². The first-order valence-corrected chi connectivity index (χ1v) is 7.56. The third-order valence-electron chi connectivity index (χ3n) is 3.05. The second kappa shape index (κ2) is 6.02. The maximum atomic E-state index is 6.21. The van der Waals surface area contributed by atoms with Crippen molar-refractivity contribution >= 4 is 38.4 Å². The fourth-order valence-electron chi connectivity index (χ4n) is 2.06. The zero-order valence-corrected chi connectivity index (χ0v) is 13.4. The second-order valence-electron chi connectivity index (χ2n) is 4.51. The summed E-state index contributed by atoms with van der Waals surface area (Å²) >= 11 is 9.59. The fraction of sp³-hybridized carbons (Fsp3) is 0.0625. The number of fused-ring (bicyclic) bond motifs is 1. The molecule has 5 heteroatoms. The molecule has 3 nitrogen and oxygen atoms in total. The molecule has 0 saturated heterocycles. The molecule has 0 unspecified atom stereocenters. The lowest BCUT2D eigenvalue weighted by Crippen LogP contribution is -2.00. The number of nitrogens with two attached hydrogens (primary N) is 1. The molecule has 0 amide bonds. The van der Waals surface area contributed by atoms with Crippen molar-refractivity contribution in [2.45, 2.75) is 6.54 Å². The van der Waals surface area contributed by atoms with Crippen LogP contribution in [0, 0.1) is 0 Å². The van der Waals surface area contributed by atoms with Gasteiger partial charge in [-0.3, -0.25) is 4.98 Å². The van der Waals surface area contributed by atoms with Gasteiger partial charge in [0.2, 0.25) is 0 Å². The predicted molar refractivity (Wildman–Crippen MR) is 88.9 cm³/mol. The van der Waals surface area contributed by atoms with E-state index in [-0.39, 0.29) is 0 Å². The maximum Gasteiger partial charge on any atom is 0.146 e. The average molecular weight is 364 g/mol. The summed E-state index contributed by atoms with van der Waals surface area (Å²) < 4.78 is 6.88. The Hall–Kier alpha value is -1.62. The first-order valence-electron chi connectivity index (χ1n) is 6.39. The summed E-state index contributed by atoms with van der Waals surface area (Å²) in [6.45, 7) is 0.356. The molecular weight excluding hydrogens is 352 g/mol. The topological polar surface area (TPSA) is 48.1 Å². The molecule has 0 bridgehead atoms. The van der Waals surface area contributed by atoms with E-state index in [9.17, 15) is 0 Å². The third kappa shape index (κ3) is 3.02. The van der Waals surface area contributed by atoms with Crippen molar-refractivity contribution in [1.82, 2.24) is 4.98 Å². The molecule has 0 radical (unpaired) electrons. The molecule has 3 rings (SSSR count). The minimum Gasteiger partial charge on any atom is -0.455 e. The Balaban J connectivity index is 2.10. The van der Waals surface area contributed by atoms with E-state index < -0.39 is 0 Å². The summed E-state index contributed by atoms with van der Waals surface area (Å²) in [5, 5.41) is 1.47. The Morgan fingerprint density at radius 3 is 2.67 bits per heavy atom. The molecule has 106 valence electrons. The number of aromatic nitrogens is 1. The molecule has 0 aliphatic heterocycles. The van der Waals surface area contributed by atoms with E-state index in [1.54, 1.807) is 6.07 Å². The van der Waals surface area contributed by atoms with Gasteiger partial charge in [-0.15, -0.1) is 0 Å². The normalized spacial score (nSPS) is 10.8. The highest BCUT2D eigenvalue weighted by Gasteiger charge is 2.09. The minimum absolute atomic E-state index is 0.356. The number of rotatable bonds is 3. The summed E-state index contributed by atoms with van der Waals surface area (Å²) in [5.74, 6) is 1.30. The average Bonchev–Trinajstić information content (AvgIpc) is 2.49. The van der Waals surface area contributed by atoms with Gasteiger partial charge in [0.1, 0.15) is 11.5 Å². The van der Waals surface area contributed by atoms with Gasteiger partial charge in [0.25, 0.3) is 0 Å². The number of hydrogen-bond donors (Lipinski definition) is 1. The Kier molecular flexibility index (Phi) is 4.10. The van der Waals surface area contributed by atoms with Crippen LogP contribution in [0.4, 0.5) is 0 Å². The van der Waals surface area contributed by atoms with Crippen molar-refractivity contribution in [3.63, 3.8) is 0 Å². The summed E-state index contributed by atoms with van der Waals surface area (Å²) in [6, 6.07) is 15.1. The zero-order valence-electron chi connectivity index (χ0n) is 11.0. The number of ether oxygens (including phenoxy) is 1. The number of benzene rings is 2. The SMILES string of the molecule is NCc1cc(Oc2ccc(Br)cc2Cl)c2ccccc2n1. The lowest BCUT2D eigenvalue weighted by atomic mass is 10.2. The van der Waals surface area contributed by atoms with E-state index in [1.165, 1.54) is 0 Å². The van der Waals surface area contributed by atoms with E-state index in [4.69, 9.17) is 22.1 Å². The van der Waals surface area contributed by atoms with Crippen LogP contribution in [0.3, 0.4) is 0 Å². The molecule has 0 aliphatic rings. The van der Waals surface area contributed by atoms with Crippen LogP contribution in [0.2, 0.25) is 5.02 Å². The van der Waals surface area contributed by atoms with Crippen molar-refractivity contribution in [2.24, 2.45) is 5.73 Å². The van der Waals surface area contributed by atoms with Crippen LogP contribution in [0.5, 0.6) is 11.5 Å². The maximum absolute atomic E-state index is 6.21. The quantitative estimate of drug-likeness (QED) is 0.720. The highest BCUT2D eigenvalue weighted by Crippen LogP contribution is 2.35. The lowest BCUT2D eigenvalue weighted by molar-refractivity contribution is 0.487. The number of para-hydroxylation sites is 1. The van der Waals surface area contributed by atoms with Gasteiger partial charge in [-0.25, -0.2) is 0 Å². The van der Waals surface area contributed by atoms with Gasteiger partial charge in [0.15, 0.2) is 0 Å². The fourth-order valence-corrected chi connectivity index (χ4v) is 2.77. The summed E-state index contributed by atoms with van der Waals surface area (Å²) in [7, 11) is 0. The van der Waals surface area contributed by atoms with Crippen LogP contribution in [-0.2, 0) is 6.54 Å². The van der Waals surface area contributed by atoms with Crippen LogP contribution in [0.1, 0.15) is 5.69 Å². The summed E-state index contributed by atoms with van der Waals surface area (Å²) in [5.41, 5.74) is 7.33. The van der Waals surface area contributed by atoms with Crippen LogP contribution >= 0.6 is 27.5 Å². The number of pyridine rings is 1. The smallest absolute Gasteiger partial charge is 0.146 e. The zero-order chi connectivity index (χ0) is 14.8. The predicted octanol–water partition coefficient (Wildman–Crippen LogP) is 4.90. The van der Waals surface area contributed by atoms with Gasteiger partial charge >= 0.3 is 0 Å². The van der Waals surface area contributed by atoms with Gasteiger partial charge in [0, 0.05) is 22.5 Å². The van der Waals surface area contributed by atoms with E-state index in [0.29, 0.717) is 23.1 Å². The monoisotopic (exact) mass is 362 g/mol. The number of nitrogens with zero attached hydrogens (tertiary/aromatic N) is 1. The molecule has 21 heavy (non-hydrogen) atoms. The molecule has 2 N–H and O–H groups in total. The van der Waals surface area contributed by atoms with Gasteiger partial charge in [-0.2, -0.15) is 0 Å². The van der Waals surface area contributed by atoms with E-state index in [0.717, 1.165) is 21.1 Å². The van der Waals surface area contributed by atoms with Crippen molar-refractivity contribution < 1.29 is 4.74 Å². The highest BCUT2D eigenvalue weighted by atomic mass is 79.9. The Morgan fingerprint density at radius 2 is 1.90 bits per heavy atom. The van der Waals surface area contributed by atoms with Crippen LogP contribution < -0.4 is 10.5 Å². The molecule has 0 spiro atoms. The largest absolute Gasteiger partial charge is 0.455 e. The van der Waals surface area contributed by atoms with E-state index >= 15 is 0 Å². The molecule has 0 atom stereocenters. The van der Waals surface area contributed by atoms with E-state index in [1.807, 2.05) is 42.5 Å². The van der Waals surface area contributed by atoms with Gasteiger partial charge in [-0.05, 0) is 30.3 Å². The number of halogens is 2. The Bertz CT molecular complexity index is 807. The molecule has 0 fully saturated rings. The molecule has 3 aromatic rings. The van der Waals surface area contributed by atoms with E-state index in [2.05, 4.69) is 20.9 Å². The van der Waals surface area contributed by atoms with Gasteiger partial charge in [-0.1, -0.05) is 39.7 Å². The lowest BCUT2D eigenvalue weighted by Gasteiger charge is -2.12. The molecule has 0 aliphatic carbocycles. The minimum atomic E-state index is 0.356. The highest BCUT2D eigenvalue weighted by molar-refractivity contribution is 9.10. The molecule has 1 heterocycles. The number of hydrogen-bond acceptors (Lipinski definition) is 3. The first kappa shape index (κ1) is 14.3. The van der Waals surface area contributed by atoms with Crippen molar-refractivity contribution in [3.8, 4) is 11.5 Å². The Morgan fingerprint density at radius 1 is 1.10 bits per heavy atom. The summed E-state index contributed by atoms with van der Waals surface area (Å²) in [6.07, 6.45) is 0. The van der Waals surface area contributed by atoms with Crippen LogP contribution in [-0.4, -0.2) is 4.98 Å². The van der Waals surface area contributed by atoms with Crippen LogP contribution in [0.25, 0.3) is 10.9 Å². The molecular formula is C16H12BrClN2O. The first-order chi connectivity index (χ1) is 10.2. The Labute approximate surface area is 135 Å².